The van der Waals surface area contributed by atoms with Crippen LogP contribution in [0.15, 0.2) is 24.3 Å². The number of morpholine rings is 1. The van der Waals surface area contributed by atoms with Crippen LogP contribution in [0, 0.1) is 11.8 Å². The number of hydrogen-bond acceptors (Lipinski definition) is 4. The van der Waals surface area contributed by atoms with Gasteiger partial charge in [-0.25, -0.2) is 0 Å². The molecular formula is C20H24N2O4. The van der Waals surface area contributed by atoms with Crippen LogP contribution in [0.4, 0.5) is 0 Å². The zero-order valence-corrected chi connectivity index (χ0v) is 14.8. The maximum absolute atomic E-state index is 13.3. The SMILES string of the molecule is O=C1NC23CCCCC2C(c2ccccc2O3)C1C(=O)N1CCOCC1. The first-order chi connectivity index (χ1) is 12.7. The molecule has 2 amide bonds. The third kappa shape index (κ3) is 2.28. The number of benzene rings is 1. The van der Waals surface area contributed by atoms with E-state index in [1.54, 1.807) is 4.90 Å². The molecule has 138 valence electrons. The molecule has 1 aromatic carbocycles. The van der Waals surface area contributed by atoms with Crippen molar-refractivity contribution in [3.63, 3.8) is 0 Å². The van der Waals surface area contributed by atoms with Crippen molar-refractivity contribution < 1.29 is 19.1 Å². The molecule has 2 bridgehead atoms. The predicted octanol–water partition coefficient (Wildman–Crippen LogP) is 1.65. The van der Waals surface area contributed by atoms with E-state index in [4.69, 9.17) is 9.47 Å². The highest BCUT2D eigenvalue weighted by atomic mass is 16.5. The Kier molecular flexibility index (Phi) is 3.71. The average Bonchev–Trinajstić information content (AvgIpc) is 2.67. The van der Waals surface area contributed by atoms with Crippen molar-refractivity contribution in [1.82, 2.24) is 10.2 Å². The van der Waals surface area contributed by atoms with Crippen LogP contribution >= 0.6 is 0 Å². The van der Waals surface area contributed by atoms with E-state index in [9.17, 15) is 9.59 Å². The van der Waals surface area contributed by atoms with E-state index in [1.807, 2.05) is 24.3 Å². The fourth-order valence-electron chi connectivity index (χ4n) is 5.32. The summed E-state index contributed by atoms with van der Waals surface area (Å²) in [6.45, 7) is 2.20. The number of carbonyl (C=O) groups is 2. The average molecular weight is 356 g/mol. The first-order valence-electron chi connectivity index (χ1n) is 9.66. The van der Waals surface area contributed by atoms with E-state index in [0.717, 1.165) is 37.0 Å². The molecule has 4 aliphatic rings. The number of nitrogens with zero attached hydrogens (tertiary/aromatic N) is 1. The van der Waals surface area contributed by atoms with Gasteiger partial charge in [0.25, 0.3) is 0 Å². The van der Waals surface area contributed by atoms with Crippen LogP contribution in [-0.4, -0.2) is 48.7 Å². The lowest BCUT2D eigenvalue weighted by atomic mass is 9.62. The summed E-state index contributed by atoms with van der Waals surface area (Å²) in [4.78, 5) is 28.2. The summed E-state index contributed by atoms with van der Waals surface area (Å²) in [6.07, 6.45) is 3.94. The number of piperidine rings is 1. The monoisotopic (exact) mass is 356 g/mol. The minimum Gasteiger partial charge on any atom is -0.467 e. The molecule has 4 atom stereocenters. The van der Waals surface area contributed by atoms with Crippen molar-refractivity contribution in [2.45, 2.75) is 37.3 Å². The van der Waals surface area contributed by atoms with Gasteiger partial charge in [0.05, 0.1) is 13.2 Å². The van der Waals surface area contributed by atoms with E-state index in [-0.39, 0.29) is 23.7 Å². The van der Waals surface area contributed by atoms with Gasteiger partial charge in [0.2, 0.25) is 11.8 Å². The number of nitrogens with one attached hydrogen (secondary N) is 1. The standard InChI is InChI=1S/C20H24N2O4/c23-18-17(19(24)22-9-11-25-12-10-22)16-13-5-1-2-7-15(13)26-20(21-18)8-4-3-6-14(16)20/h1-2,5,7,14,16-17H,3-4,6,8-12H2,(H,21,23). The Morgan fingerprint density at radius 1 is 1.19 bits per heavy atom. The molecule has 6 nitrogen and oxygen atoms in total. The maximum Gasteiger partial charge on any atom is 0.236 e. The number of hydrogen-bond donors (Lipinski definition) is 1. The zero-order valence-electron chi connectivity index (χ0n) is 14.8. The largest absolute Gasteiger partial charge is 0.467 e. The Hall–Kier alpha value is -2.08. The van der Waals surface area contributed by atoms with E-state index < -0.39 is 11.6 Å². The van der Waals surface area contributed by atoms with Crippen molar-refractivity contribution in [3.8, 4) is 5.75 Å². The molecule has 4 unspecified atom stereocenters. The second-order valence-corrected chi connectivity index (χ2v) is 7.81. The molecule has 0 spiro atoms. The summed E-state index contributed by atoms with van der Waals surface area (Å²) in [6, 6.07) is 7.91. The van der Waals surface area contributed by atoms with Gasteiger partial charge in [-0.1, -0.05) is 24.6 Å². The predicted molar refractivity (Wildman–Crippen MR) is 93.5 cm³/mol. The van der Waals surface area contributed by atoms with E-state index in [0.29, 0.717) is 26.3 Å². The van der Waals surface area contributed by atoms with Gasteiger partial charge < -0.3 is 19.7 Å². The minimum atomic E-state index is -0.672. The third-order valence-corrected chi connectivity index (χ3v) is 6.48. The first kappa shape index (κ1) is 16.1. The van der Waals surface area contributed by atoms with Crippen molar-refractivity contribution in [2.75, 3.05) is 26.3 Å². The number of carbonyl (C=O) groups excluding carboxylic acids is 2. The minimum absolute atomic E-state index is 0.0633. The molecule has 3 fully saturated rings. The number of rotatable bonds is 1. The van der Waals surface area contributed by atoms with Crippen LogP contribution < -0.4 is 10.1 Å². The van der Waals surface area contributed by atoms with E-state index in [1.165, 1.54) is 0 Å². The van der Waals surface area contributed by atoms with Gasteiger partial charge in [0.15, 0.2) is 5.72 Å². The summed E-state index contributed by atoms with van der Waals surface area (Å²) in [5.41, 5.74) is 0.368. The fraction of sp³-hybridized carbons (Fsp3) is 0.600. The number of para-hydroxylation sites is 1. The lowest BCUT2D eigenvalue weighted by Crippen LogP contribution is -2.70. The van der Waals surface area contributed by atoms with Crippen LogP contribution in [0.2, 0.25) is 0 Å². The Bertz CT molecular complexity index is 745. The van der Waals surface area contributed by atoms with Gasteiger partial charge in [0.1, 0.15) is 11.7 Å². The van der Waals surface area contributed by atoms with Crippen LogP contribution in [0.25, 0.3) is 0 Å². The number of fused-ring (bicyclic) bond motifs is 2. The third-order valence-electron chi connectivity index (χ3n) is 6.48. The highest BCUT2D eigenvalue weighted by molar-refractivity contribution is 6.02. The van der Waals surface area contributed by atoms with Crippen molar-refractivity contribution >= 4 is 11.8 Å². The summed E-state index contributed by atoms with van der Waals surface area (Å²) in [5, 5.41) is 3.13. The molecule has 1 aromatic rings. The molecule has 2 saturated heterocycles. The zero-order chi connectivity index (χ0) is 17.7. The van der Waals surface area contributed by atoms with Crippen LogP contribution in [0.3, 0.4) is 0 Å². The van der Waals surface area contributed by atoms with Gasteiger partial charge in [-0.2, -0.15) is 0 Å². The van der Waals surface area contributed by atoms with Crippen molar-refractivity contribution in [1.29, 1.82) is 0 Å². The molecule has 26 heavy (non-hydrogen) atoms. The van der Waals surface area contributed by atoms with E-state index >= 15 is 0 Å². The van der Waals surface area contributed by atoms with Gasteiger partial charge in [0, 0.05) is 31.3 Å². The topological polar surface area (TPSA) is 67.9 Å². The quantitative estimate of drug-likeness (QED) is 0.777. The second kappa shape index (κ2) is 5.98. The van der Waals surface area contributed by atoms with Gasteiger partial charge in [-0.05, 0) is 24.5 Å². The number of ether oxygens (including phenoxy) is 2. The van der Waals surface area contributed by atoms with Crippen molar-refractivity contribution in [2.24, 2.45) is 11.8 Å². The van der Waals surface area contributed by atoms with Crippen LogP contribution in [0.5, 0.6) is 5.75 Å². The molecule has 3 heterocycles. The number of amides is 2. The molecule has 0 aromatic heterocycles. The summed E-state index contributed by atoms with van der Waals surface area (Å²) in [7, 11) is 0. The summed E-state index contributed by atoms with van der Waals surface area (Å²) in [5.74, 6) is -0.0567. The van der Waals surface area contributed by atoms with Gasteiger partial charge in [-0.3, -0.25) is 9.59 Å². The summed E-state index contributed by atoms with van der Waals surface area (Å²) < 4.78 is 11.7. The van der Waals surface area contributed by atoms with Crippen LogP contribution in [0.1, 0.15) is 37.2 Å². The molecule has 1 aliphatic carbocycles. The normalized spacial score (nSPS) is 35.6. The lowest BCUT2D eigenvalue weighted by molar-refractivity contribution is -0.167. The molecular weight excluding hydrogens is 332 g/mol. The smallest absolute Gasteiger partial charge is 0.236 e. The van der Waals surface area contributed by atoms with E-state index in [2.05, 4.69) is 5.32 Å². The summed E-state index contributed by atoms with van der Waals surface area (Å²) >= 11 is 0. The molecule has 6 heteroatoms. The molecule has 0 radical (unpaired) electrons. The van der Waals surface area contributed by atoms with Crippen LogP contribution in [-0.2, 0) is 14.3 Å². The molecule has 1 saturated carbocycles. The van der Waals surface area contributed by atoms with Crippen molar-refractivity contribution in [3.05, 3.63) is 29.8 Å². The first-order valence-corrected chi connectivity index (χ1v) is 9.66. The van der Waals surface area contributed by atoms with Gasteiger partial charge >= 0.3 is 0 Å². The highest BCUT2D eigenvalue weighted by Crippen LogP contribution is 2.55. The Balaban J connectivity index is 1.58. The molecule has 3 aliphatic heterocycles. The van der Waals surface area contributed by atoms with Gasteiger partial charge in [-0.15, -0.1) is 0 Å². The molecule has 1 N–H and O–H groups in total. The second-order valence-electron chi connectivity index (χ2n) is 7.81. The lowest BCUT2D eigenvalue weighted by Gasteiger charge is -2.56. The Morgan fingerprint density at radius 2 is 2.00 bits per heavy atom. The Morgan fingerprint density at radius 3 is 2.85 bits per heavy atom. The highest BCUT2D eigenvalue weighted by Gasteiger charge is 2.61. The molecule has 5 rings (SSSR count). The fourth-order valence-corrected chi connectivity index (χ4v) is 5.32. The maximum atomic E-state index is 13.3. The Labute approximate surface area is 152 Å².